The minimum Gasteiger partial charge on any atom is -0.669 e. The summed E-state index contributed by atoms with van der Waals surface area (Å²) in [5, 5.41) is 0. The third-order valence-electron chi connectivity index (χ3n) is 7.23. The maximum absolute atomic E-state index is 6.93. The van der Waals surface area contributed by atoms with Crippen LogP contribution in [-0.2, 0) is 42.1 Å². The van der Waals surface area contributed by atoms with E-state index in [0.717, 1.165) is 22.3 Å². The van der Waals surface area contributed by atoms with Gasteiger partial charge in [0.25, 0.3) is 0 Å². The molecule has 54 heavy (non-hydrogen) atoms. The maximum atomic E-state index is 6.93. The Hall–Kier alpha value is -6.16. The molecule has 6 nitrogen and oxygen atoms in total. The van der Waals surface area contributed by atoms with Gasteiger partial charge in [0.05, 0.1) is 0 Å². The van der Waals surface area contributed by atoms with Crippen LogP contribution in [0.4, 0.5) is 0 Å². The predicted molar refractivity (Wildman–Crippen MR) is 201 cm³/mol. The monoisotopic (exact) mass is 1060 g/mol. The summed E-state index contributed by atoms with van der Waals surface area (Å²) in [7, 11) is 0. The normalized spacial score (nSPS) is 9.52. The number of nitrogens with zero attached hydrogens (tertiary/aromatic N) is 4. The second-order valence-corrected chi connectivity index (χ2v) is 10.8. The molecular formula is C46H28N4O2Pt2-6. The summed E-state index contributed by atoms with van der Waals surface area (Å²) in [6, 6.07) is 59.2. The summed E-state index contributed by atoms with van der Waals surface area (Å²) in [6.07, 6.45) is 24.6. The van der Waals surface area contributed by atoms with Gasteiger partial charge in [-0.25, -0.2) is 22.1 Å². The second-order valence-electron chi connectivity index (χ2n) is 10.8. The maximum Gasteiger partial charge on any atom is 0.215 e. The molecule has 4 aromatic heterocycles. The van der Waals surface area contributed by atoms with Gasteiger partial charge in [-0.2, -0.15) is 12.1 Å². The van der Waals surface area contributed by atoms with Gasteiger partial charge in [0.1, 0.15) is 0 Å². The zero-order chi connectivity index (χ0) is 35.8. The Morgan fingerprint density at radius 2 is 0.889 bits per heavy atom. The number of hydrogen-bond acceptors (Lipinski definition) is 4. The first-order valence-electron chi connectivity index (χ1n) is 16.1. The Morgan fingerprint density at radius 3 is 1.24 bits per heavy atom. The number of ether oxygens (including phenoxy) is 2. The molecule has 0 spiro atoms. The number of rotatable bonds is 7. The molecule has 0 fully saturated rings. The Bertz CT molecular complexity index is 2210. The molecule has 0 aliphatic heterocycles. The van der Waals surface area contributed by atoms with E-state index < -0.39 is 0 Å². The molecule has 8 aromatic rings. The van der Waals surface area contributed by atoms with Crippen LogP contribution in [-0.4, -0.2) is 19.1 Å². The minimum absolute atomic E-state index is 0. The third-order valence-corrected chi connectivity index (χ3v) is 7.23. The van der Waals surface area contributed by atoms with Gasteiger partial charge in [-0.15, -0.1) is 0 Å². The van der Waals surface area contributed by atoms with Crippen LogP contribution < -0.4 is 9.47 Å². The summed E-state index contributed by atoms with van der Waals surface area (Å²) in [5.41, 5.74) is 5.89. The molecule has 0 amide bonds. The van der Waals surface area contributed by atoms with Crippen molar-refractivity contribution in [2.24, 2.45) is 0 Å². The Labute approximate surface area is 345 Å². The van der Waals surface area contributed by atoms with Crippen molar-refractivity contribution in [3.63, 3.8) is 0 Å². The number of benzene rings is 4. The van der Waals surface area contributed by atoms with Gasteiger partial charge in [0, 0.05) is 103 Å². The molecule has 0 atom stereocenters. The average molecular weight is 1060 g/mol. The van der Waals surface area contributed by atoms with Crippen molar-refractivity contribution in [1.82, 2.24) is 19.1 Å². The van der Waals surface area contributed by atoms with E-state index in [1.165, 1.54) is 0 Å². The summed E-state index contributed by atoms with van der Waals surface area (Å²) in [6.45, 7) is 0. The largest absolute Gasteiger partial charge is 0.669 e. The topological polar surface area (TPSA) is 54.1 Å². The van der Waals surface area contributed by atoms with E-state index in [0.29, 0.717) is 34.4 Å². The van der Waals surface area contributed by atoms with Gasteiger partial charge in [-0.05, 0) is 35.4 Å². The molecule has 0 saturated heterocycles. The van der Waals surface area contributed by atoms with Gasteiger partial charge in [0.15, 0.2) is 0 Å². The minimum atomic E-state index is 0. The summed E-state index contributed by atoms with van der Waals surface area (Å²) in [5.74, 6) is 2.08. The number of hydrogen-bond donors (Lipinski definition) is 0. The molecule has 270 valence electrons. The van der Waals surface area contributed by atoms with Crippen LogP contribution >= 0.6 is 0 Å². The Balaban J connectivity index is 0.000000196. The van der Waals surface area contributed by atoms with Gasteiger partial charge >= 0.3 is 0 Å². The molecule has 0 radical (unpaired) electrons. The van der Waals surface area contributed by atoms with E-state index in [1.54, 1.807) is 57.9 Å². The first kappa shape index (κ1) is 40.6. The Kier molecular flexibility index (Phi) is 16.1. The molecule has 4 heterocycles. The molecule has 0 aliphatic rings. The van der Waals surface area contributed by atoms with E-state index in [2.05, 4.69) is 46.3 Å². The fourth-order valence-electron chi connectivity index (χ4n) is 4.77. The van der Waals surface area contributed by atoms with E-state index >= 15 is 0 Å². The van der Waals surface area contributed by atoms with E-state index in [-0.39, 0.29) is 42.1 Å². The predicted octanol–water partition coefficient (Wildman–Crippen LogP) is 10.0. The van der Waals surface area contributed by atoms with Crippen LogP contribution in [0.25, 0.3) is 33.4 Å². The standard InChI is InChI=1S/C22H12N2O2.2C12H8N.2Pt/c1-3-13-23-21(11-1)25-19-9-5-7-17(15-19)18-8-6-10-20(16-18)26-22-12-2-4-14-24-22;2*1-2-13-9-8-12(10-13)11-6-4-3-5-7-11;;/h1-6,9-14H;2*3-10H;;/q-4;2*-1;;. The molecule has 8 heteroatoms. The number of pyridine rings is 2. The average Bonchev–Trinajstić information content (AvgIpc) is 3.91. The fourth-order valence-corrected chi connectivity index (χ4v) is 4.77. The Morgan fingerprint density at radius 1 is 0.481 bits per heavy atom. The molecular weight excluding hydrogens is 1030 g/mol. The van der Waals surface area contributed by atoms with E-state index in [1.807, 2.05) is 122 Å². The van der Waals surface area contributed by atoms with Crippen molar-refractivity contribution in [3.8, 4) is 68.7 Å². The van der Waals surface area contributed by atoms with Gasteiger partial charge in [-0.3, -0.25) is 12.1 Å². The molecule has 4 aromatic carbocycles. The third kappa shape index (κ3) is 11.9. The van der Waals surface area contributed by atoms with Gasteiger partial charge in [-0.1, -0.05) is 84.3 Å². The molecule has 0 N–H and O–H groups in total. The zero-order valence-electron chi connectivity index (χ0n) is 28.4. The molecule has 0 unspecified atom stereocenters. The van der Waals surface area contributed by atoms with Crippen molar-refractivity contribution in [1.29, 1.82) is 0 Å². The van der Waals surface area contributed by atoms with Crippen LogP contribution in [0, 0.1) is 49.2 Å². The van der Waals surface area contributed by atoms with Crippen molar-refractivity contribution in [2.75, 3.05) is 0 Å². The summed E-state index contributed by atoms with van der Waals surface area (Å²) in [4.78, 5) is 8.28. The quantitative estimate of drug-likeness (QED) is 0.118. The van der Waals surface area contributed by atoms with Crippen molar-refractivity contribution in [3.05, 3.63) is 208 Å². The van der Waals surface area contributed by atoms with Gasteiger partial charge in [0.2, 0.25) is 11.8 Å². The second kappa shape index (κ2) is 21.4. The van der Waals surface area contributed by atoms with Crippen LogP contribution in [0.3, 0.4) is 0 Å². The van der Waals surface area contributed by atoms with Crippen LogP contribution in [0.15, 0.2) is 171 Å². The van der Waals surface area contributed by atoms with Crippen LogP contribution in [0.2, 0.25) is 0 Å². The molecule has 0 bridgehead atoms. The van der Waals surface area contributed by atoms with Crippen molar-refractivity contribution >= 4 is 0 Å². The summed E-state index contributed by atoms with van der Waals surface area (Å²) < 4.78 is 14.6. The van der Waals surface area contributed by atoms with Crippen molar-refractivity contribution < 1.29 is 51.6 Å². The van der Waals surface area contributed by atoms with E-state index in [4.69, 9.17) is 22.3 Å². The SMILES string of the molecule is [C-]#Cn1ccc(-c2ccccc2)c1.[C-]#Cn1ccc(-c2ccccc2)c1.[Pt].[Pt].[c-]1ccc(Oc2ccccn2)[c-]c1-c1[c-]ccc(Oc2ccccn2)[c-]1. The summed E-state index contributed by atoms with van der Waals surface area (Å²) >= 11 is 0. The first-order chi connectivity index (χ1) is 25.7. The number of aromatic nitrogens is 4. The molecule has 8 rings (SSSR count). The first-order valence-corrected chi connectivity index (χ1v) is 16.1. The zero-order valence-corrected chi connectivity index (χ0v) is 32.9. The molecule has 0 saturated carbocycles. The van der Waals surface area contributed by atoms with Crippen LogP contribution in [0.5, 0.6) is 23.3 Å². The van der Waals surface area contributed by atoms with E-state index in [9.17, 15) is 0 Å². The van der Waals surface area contributed by atoms with Gasteiger partial charge < -0.3 is 66.8 Å². The molecule has 0 aliphatic carbocycles. The fraction of sp³-hybridized carbons (Fsp3) is 0. The smallest absolute Gasteiger partial charge is 0.215 e. The van der Waals surface area contributed by atoms with Crippen molar-refractivity contribution in [2.45, 2.75) is 0 Å². The van der Waals surface area contributed by atoms with Crippen LogP contribution in [0.1, 0.15) is 0 Å².